The maximum atomic E-state index is 12.2. The molecule has 0 N–H and O–H groups in total. The molecule has 0 bridgehead atoms. The van der Waals surface area contributed by atoms with E-state index in [0.717, 1.165) is 47.3 Å². The number of ether oxygens (including phenoxy) is 1. The van der Waals surface area contributed by atoms with Crippen LogP contribution in [0.1, 0.15) is 18.4 Å². The van der Waals surface area contributed by atoms with Gasteiger partial charge in [-0.25, -0.2) is 9.97 Å². The monoisotopic (exact) mass is 353 g/mol. The zero-order valence-corrected chi connectivity index (χ0v) is 14.9. The number of nitrogens with zero attached hydrogens (tertiary/aromatic N) is 3. The Bertz CT molecular complexity index is 899. The van der Waals surface area contributed by atoms with Gasteiger partial charge in [-0.3, -0.25) is 4.79 Å². The number of carbonyl (C=O) groups excluding carboxylic acids is 1. The van der Waals surface area contributed by atoms with Crippen molar-refractivity contribution < 1.29 is 9.53 Å². The topological polar surface area (TPSA) is 55.3 Å². The summed E-state index contributed by atoms with van der Waals surface area (Å²) >= 11 is 1.56. The van der Waals surface area contributed by atoms with Gasteiger partial charge in [0.2, 0.25) is 5.88 Å². The zero-order chi connectivity index (χ0) is 17.2. The van der Waals surface area contributed by atoms with E-state index in [1.807, 2.05) is 4.90 Å². The van der Waals surface area contributed by atoms with Crippen LogP contribution in [0.25, 0.3) is 21.3 Å². The van der Waals surface area contributed by atoms with E-state index in [-0.39, 0.29) is 12.5 Å². The Morgan fingerprint density at radius 1 is 1.20 bits per heavy atom. The Hall–Kier alpha value is -2.47. The number of aromatic nitrogens is 2. The van der Waals surface area contributed by atoms with Gasteiger partial charge in [-0.15, -0.1) is 11.3 Å². The highest BCUT2D eigenvalue weighted by Crippen LogP contribution is 2.37. The van der Waals surface area contributed by atoms with E-state index in [4.69, 9.17) is 4.74 Å². The molecule has 0 radical (unpaired) electrons. The van der Waals surface area contributed by atoms with Crippen molar-refractivity contribution in [1.82, 2.24) is 14.9 Å². The molecule has 1 aromatic carbocycles. The Labute approximate surface area is 150 Å². The van der Waals surface area contributed by atoms with Gasteiger partial charge in [0.25, 0.3) is 5.91 Å². The van der Waals surface area contributed by atoms with E-state index in [2.05, 4.69) is 46.5 Å². The van der Waals surface area contributed by atoms with Gasteiger partial charge in [-0.1, -0.05) is 29.8 Å². The predicted octanol–water partition coefficient (Wildman–Crippen LogP) is 3.67. The summed E-state index contributed by atoms with van der Waals surface area (Å²) in [6.07, 6.45) is 3.64. The third-order valence-corrected chi connectivity index (χ3v) is 5.38. The van der Waals surface area contributed by atoms with Crippen LogP contribution in [-0.2, 0) is 4.79 Å². The van der Waals surface area contributed by atoms with Gasteiger partial charge in [0.05, 0.1) is 5.39 Å². The SMILES string of the molecule is Cc1ccc(-c2csc3ncnc(OCC(=O)N4CCCC4)c23)cc1. The van der Waals surface area contributed by atoms with E-state index in [0.29, 0.717) is 5.88 Å². The van der Waals surface area contributed by atoms with Crippen molar-refractivity contribution in [2.75, 3.05) is 19.7 Å². The smallest absolute Gasteiger partial charge is 0.260 e. The van der Waals surface area contributed by atoms with Gasteiger partial charge in [0.1, 0.15) is 11.2 Å². The summed E-state index contributed by atoms with van der Waals surface area (Å²) in [5, 5.41) is 2.95. The summed E-state index contributed by atoms with van der Waals surface area (Å²) in [5.74, 6) is 0.505. The van der Waals surface area contributed by atoms with Crippen LogP contribution in [0.15, 0.2) is 36.0 Å². The molecule has 5 nitrogen and oxygen atoms in total. The van der Waals surface area contributed by atoms with E-state index in [1.165, 1.54) is 11.9 Å². The molecule has 3 heterocycles. The zero-order valence-electron chi connectivity index (χ0n) is 14.1. The lowest BCUT2D eigenvalue weighted by atomic mass is 10.0. The maximum Gasteiger partial charge on any atom is 0.260 e. The molecule has 3 aromatic rings. The molecule has 4 rings (SSSR count). The summed E-state index contributed by atoms with van der Waals surface area (Å²) in [7, 11) is 0. The molecule has 1 amide bonds. The number of aryl methyl sites for hydroxylation is 1. The van der Waals surface area contributed by atoms with E-state index in [1.54, 1.807) is 11.3 Å². The lowest BCUT2D eigenvalue weighted by Gasteiger charge is -2.15. The second-order valence-electron chi connectivity index (χ2n) is 6.25. The first-order valence-corrected chi connectivity index (χ1v) is 9.30. The molecule has 1 aliphatic heterocycles. The fourth-order valence-electron chi connectivity index (χ4n) is 3.09. The highest BCUT2D eigenvalue weighted by Gasteiger charge is 2.20. The Balaban J connectivity index is 1.63. The normalized spacial score (nSPS) is 14.2. The molecule has 6 heteroatoms. The third kappa shape index (κ3) is 3.22. The average molecular weight is 353 g/mol. The van der Waals surface area contributed by atoms with Crippen LogP contribution in [0, 0.1) is 6.92 Å². The van der Waals surface area contributed by atoms with Gasteiger partial charge in [-0.2, -0.15) is 0 Å². The van der Waals surface area contributed by atoms with E-state index < -0.39 is 0 Å². The number of benzene rings is 1. The number of carbonyl (C=O) groups is 1. The number of amides is 1. The second-order valence-corrected chi connectivity index (χ2v) is 7.11. The van der Waals surface area contributed by atoms with E-state index in [9.17, 15) is 4.79 Å². The summed E-state index contributed by atoms with van der Waals surface area (Å²) < 4.78 is 5.80. The summed E-state index contributed by atoms with van der Waals surface area (Å²) in [4.78, 5) is 23.6. The van der Waals surface area contributed by atoms with Crippen molar-refractivity contribution in [3.8, 4) is 17.0 Å². The molecule has 128 valence electrons. The fourth-order valence-corrected chi connectivity index (χ4v) is 4.00. The minimum absolute atomic E-state index is 0.0231. The fraction of sp³-hybridized carbons (Fsp3) is 0.316. The number of hydrogen-bond donors (Lipinski definition) is 0. The largest absolute Gasteiger partial charge is 0.467 e. The number of likely N-dealkylation sites (tertiary alicyclic amines) is 1. The molecule has 25 heavy (non-hydrogen) atoms. The van der Waals surface area contributed by atoms with Crippen molar-refractivity contribution in [2.45, 2.75) is 19.8 Å². The molecule has 1 fully saturated rings. The van der Waals surface area contributed by atoms with Crippen LogP contribution in [-0.4, -0.2) is 40.5 Å². The van der Waals surface area contributed by atoms with Gasteiger partial charge >= 0.3 is 0 Å². The van der Waals surface area contributed by atoms with Gasteiger partial charge in [0.15, 0.2) is 6.61 Å². The van der Waals surface area contributed by atoms with Crippen LogP contribution < -0.4 is 4.74 Å². The van der Waals surface area contributed by atoms with Crippen molar-refractivity contribution in [2.24, 2.45) is 0 Å². The molecule has 2 aromatic heterocycles. The van der Waals surface area contributed by atoms with Crippen LogP contribution in [0.5, 0.6) is 5.88 Å². The molecular weight excluding hydrogens is 334 g/mol. The lowest BCUT2D eigenvalue weighted by Crippen LogP contribution is -2.32. The quantitative estimate of drug-likeness (QED) is 0.718. The summed E-state index contributed by atoms with van der Waals surface area (Å²) in [6.45, 7) is 3.75. The number of thiophene rings is 1. The minimum Gasteiger partial charge on any atom is -0.467 e. The molecule has 0 aliphatic carbocycles. The molecule has 1 aliphatic rings. The molecular formula is C19H19N3O2S. The first-order valence-electron chi connectivity index (χ1n) is 8.42. The van der Waals surface area contributed by atoms with Crippen LogP contribution in [0.3, 0.4) is 0 Å². The highest BCUT2D eigenvalue weighted by atomic mass is 32.1. The second kappa shape index (κ2) is 6.80. The Kier molecular flexibility index (Phi) is 4.36. The van der Waals surface area contributed by atoms with Gasteiger partial charge < -0.3 is 9.64 Å². The standard InChI is InChI=1S/C19H19N3O2S/c1-13-4-6-14(7-5-13)15-11-25-19-17(15)18(20-12-21-19)24-10-16(23)22-8-2-3-9-22/h4-7,11-12H,2-3,8-10H2,1H3. The van der Waals surface area contributed by atoms with Gasteiger partial charge in [0, 0.05) is 24.0 Å². The average Bonchev–Trinajstić information content (AvgIpc) is 3.30. The summed E-state index contributed by atoms with van der Waals surface area (Å²) in [6, 6.07) is 8.34. The Morgan fingerprint density at radius 2 is 1.96 bits per heavy atom. The molecule has 0 unspecified atom stereocenters. The molecule has 0 spiro atoms. The van der Waals surface area contributed by atoms with Crippen LogP contribution >= 0.6 is 11.3 Å². The molecule has 1 saturated heterocycles. The van der Waals surface area contributed by atoms with Crippen molar-refractivity contribution in [3.05, 3.63) is 41.5 Å². The first-order chi connectivity index (χ1) is 12.2. The van der Waals surface area contributed by atoms with Crippen molar-refractivity contribution in [3.63, 3.8) is 0 Å². The van der Waals surface area contributed by atoms with Crippen LogP contribution in [0.4, 0.5) is 0 Å². The predicted molar refractivity (Wildman–Crippen MR) is 98.9 cm³/mol. The Morgan fingerprint density at radius 3 is 2.72 bits per heavy atom. The third-order valence-electron chi connectivity index (χ3n) is 4.49. The number of fused-ring (bicyclic) bond motifs is 1. The lowest BCUT2D eigenvalue weighted by molar-refractivity contribution is -0.132. The number of rotatable bonds is 4. The van der Waals surface area contributed by atoms with Gasteiger partial charge in [-0.05, 0) is 25.3 Å². The molecule has 0 atom stereocenters. The van der Waals surface area contributed by atoms with Crippen LogP contribution in [0.2, 0.25) is 0 Å². The van der Waals surface area contributed by atoms with Crippen molar-refractivity contribution in [1.29, 1.82) is 0 Å². The maximum absolute atomic E-state index is 12.2. The number of hydrogen-bond acceptors (Lipinski definition) is 5. The summed E-state index contributed by atoms with van der Waals surface area (Å²) in [5.41, 5.74) is 3.36. The van der Waals surface area contributed by atoms with Crippen molar-refractivity contribution >= 4 is 27.5 Å². The highest BCUT2D eigenvalue weighted by molar-refractivity contribution is 7.17. The molecule has 0 saturated carbocycles. The first kappa shape index (κ1) is 16.0. The van der Waals surface area contributed by atoms with E-state index >= 15 is 0 Å². The minimum atomic E-state index is 0.0231.